The van der Waals surface area contributed by atoms with Crippen molar-refractivity contribution < 1.29 is 5.11 Å². The second-order valence-corrected chi connectivity index (χ2v) is 7.66. The Hall–Kier alpha value is -0.940. The third kappa shape index (κ3) is 4.57. The highest BCUT2D eigenvalue weighted by Crippen LogP contribution is 2.23. The van der Waals surface area contributed by atoms with Gasteiger partial charge in [0.15, 0.2) is 0 Å². The molecule has 2 saturated heterocycles. The molecule has 2 heterocycles. The molecule has 1 aromatic carbocycles. The van der Waals surface area contributed by atoms with Gasteiger partial charge in [-0.3, -0.25) is 9.80 Å². The van der Waals surface area contributed by atoms with Crippen molar-refractivity contribution in [2.24, 2.45) is 0 Å². The average Bonchev–Trinajstić information content (AvgIpc) is 2.59. The van der Waals surface area contributed by atoms with E-state index >= 15 is 0 Å². The molecule has 2 aliphatic rings. The van der Waals surface area contributed by atoms with Crippen LogP contribution in [0.5, 0.6) is 0 Å². The summed E-state index contributed by atoms with van der Waals surface area (Å²) >= 11 is 0. The Kier molecular flexibility index (Phi) is 6.28. The first-order valence-corrected chi connectivity index (χ1v) is 9.49. The first-order valence-electron chi connectivity index (χ1n) is 9.49. The van der Waals surface area contributed by atoms with Gasteiger partial charge in [0.2, 0.25) is 0 Å². The van der Waals surface area contributed by atoms with Gasteiger partial charge in [0.05, 0.1) is 0 Å². The maximum Gasteiger partial charge on any atom is 0.0446 e. The normalized spacial score (nSPS) is 25.2. The molecule has 4 heteroatoms. The first-order chi connectivity index (χ1) is 11.7. The van der Waals surface area contributed by atoms with E-state index in [4.69, 9.17) is 0 Å². The maximum absolute atomic E-state index is 9.53. The summed E-state index contributed by atoms with van der Waals surface area (Å²) in [4.78, 5) is 7.70. The molecule has 0 unspecified atom stereocenters. The summed E-state index contributed by atoms with van der Waals surface area (Å²) in [6, 6.07) is 10.1. The van der Waals surface area contributed by atoms with Crippen molar-refractivity contribution in [2.45, 2.75) is 44.8 Å². The Morgan fingerprint density at radius 3 is 2.42 bits per heavy atom. The van der Waals surface area contributed by atoms with E-state index in [0.29, 0.717) is 18.7 Å². The Labute approximate surface area is 147 Å². The van der Waals surface area contributed by atoms with Crippen LogP contribution in [0, 0.1) is 6.92 Å². The van der Waals surface area contributed by atoms with Crippen LogP contribution in [0.3, 0.4) is 0 Å². The second kappa shape index (κ2) is 8.43. The SMILES string of the molecule is Cc1ccc(CN2CCN(C3CCN(C)CC3)[C@H](CCO)C2)cc1. The van der Waals surface area contributed by atoms with Crippen LogP contribution in [0.2, 0.25) is 0 Å². The van der Waals surface area contributed by atoms with Crippen LogP contribution >= 0.6 is 0 Å². The number of benzene rings is 1. The summed E-state index contributed by atoms with van der Waals surface area (Å²) in [5, 5.41) is 9.53. The molecular weight excluding hydrogens is 298 g/mol. The van der Waals surface area contributed by atoms with Gasteiger partial charge in [0.25, 0.3) is 0 Å². The van der Waals surface area contributed by atoms with E-state index in [-0.39, 0.29) is 0 Å². The van der Waals surface area contributed by atoms with Gasteiger partial charge in [-0.05, 0) is 51.9 Å². The van der Waals surface area contributed by atoms with Gasteiger partial charge in [-0.25, -0.2) is 0 Å². The third-order valence-corrected chi connectivity index (χ3v) is 5.76. The molecule has 1 N–H and O–H groups in total. The fraction of sp³-hybridized carbons (Fsp3) is 0.700. The Morgan fingerprint density at radius 1 is 1.04 bits per heavy atom. The molecule has 134 valence electrons. The van der Waals surface area contributed by atoms with E-state index in [1.54, 1.807) is 0 Å². The molecule has 0 aliphatic carbocycles. The Morgan fingerprint density at radius 2 is 1.75 bits per heavy atom. The highest BCUT2D eigenvalue weighted by Gasteiger charge is 2.32. The Balaban J connectivity index is 1.59. The van der Waals surface area contributed by atoms with Gasteiger partial charge in [-0.15, -0.1) is 0 Å². The van der Waals surface area contributed by atoms with Gasteiger partial charge in [-0.1, -0.05) is 29.8 Å². The summed E-state index contributed by atoms with van der Waals surface area (Å²) in [6.45, 7) is 9.26. The number of likely N-dealkylation sites (tertiary alicyclic amines) is 1. The van der Waals surface area contributed by atoms with Crippen molar-refractivity contribution >= 4 is 0 Å². The quantitative estimate of drug-likeness (QED) is 0.893. The fourth-order valence-corrected chi connectivity index (χ4v) is 4.24. The molecule has 2 fully saturated rings. The van der Waals surface area contributed by atoms with Gasteiger partial charge in [0, 0.05) is 44.9 Å². The zero-order valence-electron chi connectivity index (χ0n) is 15.3. The van der Waals surface area contributed by atoms with Gasteiger partial charge < -0.3 is 10.0 Å². The van der Waals surface area contributed by atoms with Crippen molar-refractivity contribution in [3.8, 4) is 0 Å². The predicted molar refractivity (Wildman–Crippen MR) is 99.2 cm³/mol. The smallest absolute Gasteiger partial charge is 0.0446 e. The van der Waals surface area contributed by atoms with Crippen molar-refractivity contribution in [1.82, 2.24) is 14.7 Å². The van der Waals surface area contributed by atoms with Crippen molar-refractivity contribution in [2.75, 3.05) is 46.4 Å². The van der Waals surface area contributed by atoms with Crippen LogP contribution in [0.4, 0.5) is 0 Å². The van der Waals surface area contributed by atoms with E-state index in [1.165, 1.54) is 37.1 Å². The lowest BCUT2D eigenvalue weighted by Gasteiger charge is -2.47. The molecule has 1 atom stereocenters. The summed E-state index contributed by atoms with van der Waals surface area (Å²) in [6.07, 6.45) is 3.45. The summed E-state index contributed by atoms with van der Waals surface area (Å²) in [7, 11) is 2.22. The van der Waals surface area contributed by atoms with Crippen LogP contribution in [-0.2, 0) is 6.54 Å². The van der Waals surface area contributed by atoms with Crippen LogP contribution in [0.15, 0.2) is 24.3 Å². The summed E-state index contributed by atoms with van der Waals surface area (Å²) in [5.74, 6) is 0. The largest absolute Gasteiger partial charge is 0.396 e. The van der Waals surface area contributed by atoms with Gasteiger partial charge >= 0.3 is 0 Å². The van der Waals surface area contributed by atoms with Crippen molar-refractivity contribution in [3.63, 3.8) is 0 Å². The number of hydrogen-bond donors (Lipinski definition) is 1. The lowest BCUT2D eigenvalue weighted by atomic mass is 9.98. The number of aryl methyl sites for hydroxylation is 1. The van der Waals surface area contributed by atoms with E-state index in [2.05, 4.69) is 52.9 Å². The minimum absolute atomic E-state index is 0.298. The summed E-state index contributed by atoms with van der Waals surface area (Å²) < 4.78 is 0. The molecule has 0 amide bonds. The number of rotatable bonds is 5. The number of aliphatic hydroxyl groups is 1. The highest BCUT2D eigenvalue weighted by molar-refractivity contribution is 5.21. The number of hydrogen-bond acceptors (Lipinski definition) is 4. The molecule has 0 radical (unpaired) electrons. The maximum atomic E-state index is 9.53. The zero-order chi connectivity index (χ0) is 16.9. The van der Waals surface area contributed by atoms with Crippen LogP contribution < -0.4 is 0 Å². The van der Waals surface area contributed by atoms with Crippen LogP contribution in [0.1, 0.15) is 30.4 Å². The van der Waals surface area contributed by atoms with Crippen molar-refractivity contribution in [1.29, 1.82) is 0 Å². The monoisotopic (exact) mass is 331 g/mol. The third-order valence-electron chi connectivity index (χ3n) is 5.76. The molecule has 3 rings (SSSR count). The molecule has 0 aromatic heterocycles. The highest BCUT2D eigenvalue weighted by atomic mass is 16.3. The van der Waals surface area contributed by atoms with Crippen LogP contribution in [0.25, 0.3) is 0 Å². The molecule has 0 spiro atoms. The topological polar surface area (TPSA) is 30.0 Å². The summed E-state index contributed by atoms with van der Waals surface area (Å²) in [5.41, 5.74) is 2.72. The van der Waals surface area contributed by atoms with Gasteiger partial charge in [0.1, 0.15) is 0 Å². The van der Waals surface area contributed by atoms with Crippen molar-refractivity contribution in [3.05, 3.63) is 35.4 Å². The molecule has 4 nitrogen and oxygen atoms in total. The first kappa shape index (κ1) is 17.9. The molecule has 1 aromatic rings. The molecule has 24 heavy (non-hydrogen) atoms. The lowest BCUT2D eigenvalue weighted by Crippen LogP contribution is -2.58. The number of piperidine rings is 1. The Bertz CT molecular complexity index is 496. The number of piperazine rings is 1. The standard InChI is InChI=1S/C20H33N3O/c1-17-3-5-18(6-4-17)15-22-12-13-23(20(16-22)9-14-24)19-7-10-21(2)11-8-19/h3-6,19-20,24H,7-16H2,1-2H3/t20-/m1/s1. The van der Waals surface area contributed by atoms with Gasteiger partial charge in [-0.2, -0.15) is 0 Å². The number of nitrogens with zero attached hydrogens (tertiary/aromatic N) is 3. The van der Waals surface area contributed by atoms with E-state index in [1.807, 2.05) is 0 Å². The molecule has 2 aliphatic heterocycles. The minimum Gasteiger partial charge on any atom is -0.396 e. The zero-order valence-corrected chi connectivity index (χ0v) is 15.3. The average molecular weight is 332 g/mol. The van der Waals surface area contributed by atoms with E-state index in [9.17, 15) is 5.11 Å². The predicted octanol–water partition coefficient (Wildman–Crippen LogP) is 1.96. The second-order valence-electron chi connectivity index (χ2n) is 7.66. The van der Waals surface area contributed by atoms with E-state index < -0.39 is 0 Å². The number of aliphatic hydroxyl groups excluding tert-OH is 1. The molecule has 0 bridgehead atoms. The fourth-order valence-electron chi connectivity index (χ4n) is 4.24. The van der Waals surface area contributed by atoms with E-state index in [0.717, 1.165) is 32.6 Å². The minimum atomic E-state index is 0.298. The van der Waals surface area contributed by atoms with Crippen LogP contribution in [-0.4, -0.2) is 78.3 Å². The lowest BCUT2D eigenvalue weighted by molar-refractivity contribution is 0.00600. The molecular formula is C20H33N3O. The molecule has 0 saturated carbocycles.